The molecule has 6 nitrogen and oxygen atoms in total. The van der Waals surface area contributed by atoms with E-state index in [-0.39, 0.29) is 17.9 Å². The zero-order chi connectivity index (χ0) is 11.3. The molecule has 6 heteroatoms. The van der Waals surface area contributed by atoms with E-state index < -0.39 is 6.29 Å². The molecule has 0 spiro atoms. The highest BCUT2D eigenvalue weighted by Gasteiger charge is 2.31. The molecule has 1 aliphatic rings. The SMILES string of the molecule is COC(CNC(=O)C1COCC1N)OC. The average molecular weight is 218 g/mol. The van der Waals surface area contributed by atoms with Crippen molar-refractivity contribution < 1.29 is 19.0 Å². The molecule has 1 rings (SSSR count). The van der Waals surface area contributed by atoms with Crippen molar-refractivity contribution in [3.05, 3.63) is 0 Å². The first kappa shape index (κ1) is 12.4. The van der Waals surface area contributed by atoms with Gasteiger partial charge in [-0.05, 0) is 0 Å². The molecule has 2 unspecified atom stereocenters. The van der Waals surface area contributed by atoms with Crippen molar-refractivity contribution >= 4 is 5.91 Å². The van der Waals surface area contributed by atoms with Crippen molar-refractivity contribution in [1.82, 2.24) is 5.32 Å². The molecule has 0 radical (unpaired) electrons. The Morgan fingerprint density at radius 2 is 2.20 bits per heavy atom. The van der Waals surface area contributed by atoms with Crippen LogP contribution >= 0.6 is 0 Å². The van der Waals surface area contributed by atoms with E-state index in [0.29, 0.717) is 19.8 Å². The number of amides is 1. The Hall–Kier alpha value is -0.690. The van der Waals surface area contributed by atoms with Crippen LogP contribution in [-0.4, -0.2) is 52.2 Å². The summed E-state index contributed by atoms with van der Waals surface area (Å²) in [6.45, 7) is 1.14. The fourth-order valence-electron chi connectivity index (χ4n) is 1.42. The molecule has 88 valence electrons. The molecule has 1 amide bonds. The predicted molar refractivity (Wildman–Crippen MR) is 53.1 cm³/mol. The molecule has 1 heterocycles. The normalized spacial score (nSPS) is 25.9. The summed E-state index contributed by atoms with van der Waals surface area (Å²) in [4.78, 5) is 11.6. The lowest BCUT2D eigenvalue weighted by atomic mass is 10.0. The lowest BCUT2D eigenvalue weighted by Crippen LogP contribution is -2.43. The molecule has 15 heavy (non-hydrogen) atoms. The van der Waals surface area contributed by atoms with Gasteiger partial charge in [0.25, 0.3) is 0 Å². The standard InChI is InChI=1S/C9H18N2O4/c1-13-8(14-2)3-11-9(12)6-4-15-5-7(6)10/h6-8H,3-5,10H2,1-2H3,(H,11,12). The van der Waals surface area contributed by atoms with Crippen LogP contribution in [-0.2, 0) is 19.0 Å². The Balaban J connectivity index is 2.29. The summed E-state index contributed by atoms with van der Waals surface area (Å²) < 4.78 is 15.0. The summed E-state index contributed by atoms with van der Waals surface area (Å²) in [6, 6.07) is -0.214. The first-order valence-corrected chi connectivity index (χ1v) is 4.85. The molecule has 0 aromatic rings. The van der Waals surface area contributed by atoms with Crippen LogP contribution in [0.2, 0.25) is 0 Å². The van der Waals surface area contributed by atoms with E-state index in [1.807, 2.05) is 0 Å². The van der Waals surface area contributed by atoms with Gasteiger partial charge in [0.05, 0.1) is 25.7 Å². The smallest absolute Gasteiger partial charge is 0.227 e. The summed E-state index contributed by atoms with van der Waals surface area (Å²) >= 11 is 0. The summed E-state index contributed by atoms with van der Waals surface area (Å²) in [6.07, 6.45) is -0.424. The van der Waals surface area contributed by atoms with Crippen LogP contribution < -0.4 is 11.1 Å². The quantitative estimate of drug-likeness (QED) is 0.560. The lowest BCUT2D eigenvalue weighted by molar-refractivity contribution is -0.131. The van der Waals surface area contributed by atoms with E-state index in [4.69, 9.17) is 19.9 Å². The maximum absolute atomic E-state index is 11.6. The maximum Gasteiger partial charge on any atom is 0.227 e. The van der Waals surface area contributed by atoms with Gasteiger partial charge in [0, 0.05) is 20.3 Å². The van der Waals surface area contributed by atoms with Gasteiger partial charge in [0.1, 0.15) is 0 Å². The molecule has 0 bridgehead atoms. The summed E-state index contributed by atoms with van der Waals surface area (Å²) in [5.74, 6) is -0.376. The number of carbonyl (C=O) groups excluding carboxylic acids is 1. The minimum atomic E-state index is -0.424. The van der Waals surface area contributed by atoms with Crippen LogP contribution in [0.3, 0.4) is 0 Å². The second-order valence-corrected chi connectivity index (χ2v) is 3.45. The molecular weight excluding hydrogens is 200 g/mol. The van der Waals surface area contributed by atoms with E-state index in [9.17, 15) is 4.79 Å². The Morgan fingerprint density at radius 1 is 1.53 bits per heavy atom. The number of nitrogens with two attached hydrogens (primary N) is 1. The Morgan fingerprint density at radius 3 is 2.67 bits per heavy atom. The van der Waals surface area contributed by atoms with Gasteiger partial charge >= 0.3 is 0 Å². The topological polar surface area (TPSA) is 82.8 Å². The van der Waals surface area contributed by atoms with Gasteiger partial charge in [-0.3, -0.25) is 4.79 Å². The summed E-state index contributed by atoms with van der Waals surface area (Å²) in [5.41, 5.74) is 5.70. The van der Waals surface area contributed by atoms with Crippen molar-refractivity contribution in [2.24, 2.45) is 11.7 Å². The number of methoxy groups -OCH3 is 2. The third-order valence-corrected chi connectivity index (χ3v) is 2.43. The number of hydrogen-bond donors (Lipinski definition) is 2. The van der Waals surface area contributed by atoms with Gasteiger partial charge < -0.3 is 25.3 Å². The number of ether oxygens (including phenoxy) is 3. The van der Waals surface area contributed by atoms with E-state index in [1.54, 1.807) is 0 Å². The molecule has 1 saturated heterocycles. The molecule has 0 aromatic carbocycles. The van der Waals surface area contributed by atoms with Gasteiger partial charge in [-0.15, -0.1) is 0 Å². The van der Waals surface area contributed by atoms with Gasteiger partial charge in [-0.2, -0.15) is 0 Å². The van der Waals surface area contributed by atoms with Gasteiger partial charge in [0.15, 0.2) is 6.29 Å². The molecule has 1 fully saturated rings. The number of nitrogens with one attached hydrogen (secondary N) is 1. The molecule has 1 aliphatic heterocycles. The maximum atomic E-state index is 11.6. The Bertz CT molecular complexity index is 208. The van der Waals surface area contributed by atoms with Crippen LogP contribution in [0.5, 0.6) is 0 Å². The second kappa shape index (κ2) is 6.02. The van der Waals surface area contributed by atoms with Crippen LogP contribution in [0.25, 0.3) is 0 Å². The van der Waals surface area contributed by atoms with Crippen molar-refractivity contribution in [3.8, 4) is 0 Å². The van der Waals surface area contributed by atoms with Gasteiger partial charge in [-0.1, -0.05) is 0 Å². The lowest BCUT2D eigenvalue weighted by Gasteiger charge is -2.17. The molecular formula is C9H18N2O4. The zero-order valence-corrected chi connectivity index (χ0v) is 9.06. The molecule has 3 N–H and O–H groups in total. The van der Waals surface area contributed by atoms with Crippen LogP contribution in [0, 0.1) is 5.92 Å². The monoisotopic (exact) mass is 218 g/mol. The fraction of sp³-hybridized carbons (Fsp3) is 0.889. The van der Waals surface area contributed by atoms with Crippen LogP contribution in [0.15, 0.2) is 0 Å². The zero-order valence-electron chi connectivity index (χ0n) is 9.06. The van der Waals surface area contributed by atoms with Gasteiger partial charge in [0.2, 0.25) is 5.91 Å². The van der Waals surface area contributed by atoms with Crippen molar-refractivity contribution in [3.63, 3.8) is 0 Å². The highest BCUT2D eigenvalue weighted by Crippen LogP contribution is 2.11. The van der Waals surface area contributed by atoms with Crippen molar-refractivity contribution in [2.75, 3.05) is 34.0 Å². The van der Waals surface area contributed by atoms with Gasteiger partial charge in [-0.25, -0.2) is 0 Å². The summed E-state index contributed by atoms with van der Waals surface area (Å²) in [7, 11) is 3.04. The second-order valence-electron chi connectivity index (χ2n) is 3.45. The highest BCUT2D eigenvalue weighted by molar-refractivity contribution is 5.79. The molecule has 0 aliphatic carbocycles. The highest BCUT2D eigenvalue weighted by atomic mass is 16.7. The third-order valence-electron chi connectivity index (χ3n) is 2.43. The predicted octanol–water partition coefficient (Wildman–Crippen LogP) is -1.30. The minimum absolute atomic E-state index is 0.112. The largest absolute Gasteiger partial charge is 0.379 e. The first-order chi connectivity index (χ1) is 7.19. The average Bonchev–Trinajstić information content (AvgIpc) is 2.66. The number of carbonyl (C=O) groups is 1. The van der Waals surface area contributed by atoms with Crippen molar-refractivity contribution in [2.45, 2.75) is 12.3 Å². The Kier molecular flexibility index (Phi) is 4.97. The Labute approximate surface area is 89.0 Å². The third kappa shape index (κ3) is 3.42. The van der Waals surface area contributed by atoms with E-state index in [0.717, 1.165) is 0 Å². The van der Waals surface area contributed by atoms with Crippen LogP contribution in [0.1, 0.15) is 0 Å². The first-order valence-electron chi connectivity index (χ1n) is 4.85. The van der Waals surface area contributed by atoms with E-state index in [2.05, 4.69) is 5.32 Å². The van der Waals surface area contributed by atoms with E-state index in [1.165, 1.54) is 14.2 Å². The number of hydrogen-bond acceptors (Lipinski definition) is 5. The molecule has 0 saturated carbocycles. The summed E-state index contributed by atoms with van der Waals surface area (Å²) in [5, 5.41) is 2.71. The van der Waals surface area contributed by atoms with Crippen LogP contribution in [0.4, 0.5) is 0 Å². The molecule has 0 aromatic heterocycles. The van der Waals surface area contributed by atoms with E-state index >= 15 is 0 Å². The number of rotatable bonds is 5. The van der Waals surface area contributed by atoms with Crippen molar-refractivity contribution in [1.29, 1.82) is 0 Å². The fourth-order valence-corrected chi connectivity index (χ4v) is 1.42. The molecule has 2 atom stereocenters. The minimum Gasteiger partial charge on any atom is -0.379 e.